The molecule has 2 aromatic rings. The van der Waals surface area contributed by atoms with Crippen molar-refractivity contribution in [3.8, 4) is 6.01 Å². The molecule has 88 valence electrons. The standard InChI is InChI=1S/C12H13N3O2/c1-17-12-14-6-9(7-15-12)11(16)8-3-2-4-10(13)5-8/h2-7,11,16H,13H2,1H3. The average Bonchev–Trinajstić information content (AvgIpc) is 2.38. The van der Waals surface area contributed by atoms with E-state index in [9.17, 15) is 5.11 Å². The van der Waals surface area contributed by atoms with Crippen molar-refractivity contribution in [2.45, 2.75) is 6.10 Å². The Morgan fingerprint density at radius 3 is 2.53 bits per heavy atom. The van der Waals surface area contributed by atoms with Crippen molar-refractivity contribution in [3.63, 3.8) is 0 Å². The normalized spacial score (nSPS) is 12.1. The lowest BCUT2D eigenvalue weighted by Gasteiger charge is -2.11. The number of methoxy groups -OCH3 is 1. The van der Waals surface area contributed by atoms with Crippen molar-refractivity contribution in [3.05, 3.63) is 47.8 Å². The van der Waals surface area contributed by atoms with E-state index in [-0.39, 0.29) is 6.01 Å². The number of nitrogens with zero attached hydrogens (tertiary/aromatic N) is 2. The van der Waals surface area contributed by atoms with Gasteiger partial charge in [0.05, 0.1) is 7.11 Å². The molecule has 0 radical (unpaired) electrons. The summed E-state index contributed by atoms with van der Waals surface area (Å²) in [7, 11) is 1.49. The molecule has 0 spiro atoms. The van der Waals surface area contributed by atoms with Crippen LogP contribution in [-0.4, -0.2) is 22.2 Å². The quantitative estimate of drug-likeness (QED) is 0.774. The molecule has 5 nitrogen and oxygen atoms in total. The number of nitrogens with two attached hydrogens (primary N) is 1. The molecule has 1 aromatic heterocycles. The number of benzene rings is 1. The molecule has 3 N–H and O–H groups in total. The fourth-order valence-corrected chi connectivity index (χ4v) is 1.49. The number of hydrogen-bond donors (Lipinski definition) is 2. The summed E-state index contributed by atoms with van der Waals surface area (Å²) in [5, 5.41) is 10.1. The first kappa shape index (κ1) is 11.3. The number of rotatable bonds is 3. The number of aromatic nitrogens is 2. The van der Waals surface area contributed by atoms with Crippen LogP contribution < -0.4 is 10.5 Å². The number of aliphatic hydroxyl groups is 1. The maximum absolute atomic E-state index is 10.1. The molecule has 1 aromatic carbocycles. The minimum atomic E-state index is -0.788. The van der Waals surface area contributed by atoms with Crippen LogP contribution in [0.25, 0.3) is 0 Å². The van der Waals surface area contributed by atoms with Crippen molar-refractivity contribution in [1.82, 2.24) is 9.97 Å². The lowest BCUT2D eigenvalue weighted by atomic mass is 10.0. The van der Waals surface area contributed by atoms with Crippen LogP contribution in [0, 0.1) is 0 Å². The Bertz CT molecular complexity index is 499. The van der Waals surface area contributed by atoms with E-state index < -0.39 is 6.10 Å². The predicted octanol–water partition coefficient (Wildman–Crippen LogP) is 1.15. The van der Waals surface area contributed by atoms with Crippen molar-refractivity contribution >= 4 is 5.69 Å². The second-order valence-electron chi connectivity index (χ2n) is 3.58. The summed E-state index contributed by atoms with van der Waals surface area (Å²) in [5.74, 6) is 0. The Morgan fingerprint density at radius 2 is 1.94 bits per heavy atom. The third-order valence-electron chi connectivity index (χ3n) is 2.37. The highest BCUT2D eigenvalue weighted by Crippen LogP contribution is 2.22. The Hall–Kier alpha value is -2.14. The van der Waals surface area contributed by atoms with Crippen LogP contribution in [0.2, 0.25) is 0 Å². The molecular weight excluding hydrogens is 218 g/mol. The van der Waals surface area contributed by atoms with E-state index in [1.54, 1.807) is 24.3 Å². The van der Waals surface area contributed by atoms with E-state index in [1.807, 2.05) is 0 Å². The second kappa shape index (κ2) is 4.80. The zero-order chi connectivity index (χ0) is 12.3. The highest BCUT2D eigenvalue weighted by atomic mass is 16.5. The summed E-state index contributed by atoms with van der Waals surface area (Å²) < 4.78 is 4.85. The van der Waals surface area contributed by atoms with Crippen LogP contribution in [0.15, 0.2) is 36.7 Å². The summed E-state index contributed by atoms with van der Waals surface area (Å²) in [5.41, 5.74) is 7.57. The number of aliphatic hydroxyl groups excluding tert-OH is 1. The highest BCUT2D eigenvalue weighted by Gasteiger charge is 2.11. The largest absolute Gasteiger partial charge is 0.467 e. The van der Waals surface area contributed by atoms with Crippen LogP contribution >= 0.6 is 0 Å². The van der Waals surface area contributed by atoms with Gasteiger partial charge in [0.15, 0.2) is 0 Å². The van der Waals surface area contributed by atoms with E-state index in [0.29, 0.717) is 16.8 Å². The van der Waals surface area contributed by atoms with E-state index in [2.05, 4.69) is 9.97 Å². The SMILES string of the molecule is COc1ncc(C(O)c2cccc(N)c2)cn1. The van der Waals surface area contributed by atoms with E-state index in [4.69, 9.17) is 10.5 Å². The van der Waals surface area contributed by atoms with Crippen LogP contribution in [0.1, 0.15) is 17.2 Å². The van der Waals surface area contributed by atoms with Crippen LogP contribution in [0.3, 0.4) is 0 Å². The van der Waals surface area contributed by atoms with Crippen LogP contribution in [-0.2, 0) is 0 Å². The summed E-state index contributed by atoms with van der Waals surface area (Å²) in [4.78, 5) is 7.88. The molecule has 5 heteroatoms. The summed E-state index contributed by atoms with van der Waals surface area (Å²) in [6.07, 6.45) is 2.27. The summed E-state index contributed by atoms with van der Waals surface area (Å²) >= 11 is 0. The highest BCUT2D eigenvalue weighted by molar-refractivity contribution is 5.43. The lowest BCUT2D eigenvalue weighted by molar-refractivity contribution is 0.219. The maximum atomic E-state index is 10.1. The molecule has 0 aliphatic heterocycles. The van der Waals surface area contributed by atoms with Crippen molar-refractivity contribution in [2.24, 2.45) is 0 Å². The molecular formula is C12H13N3O2. The van der Waals surface area contributed by atoms with Gasteiger partial charge >= 0.3 is 6.01 Å². The third kappa shape index (κ3) is 2.51. The van der Waals surface area contributed by atoms with Gasteiger partial charge in [0, 0.05) is 23.6 Å². The number of hydrogen-bond acceptors (Lipinski definition) is 5. The molecule has 17 heavy (non-hydrogen) atoms. The molecule has 0 aliphatic rings. The summed E-state index contributed by atoms with van der Waals surface area (Å²) in [6.45, 7) is 0. The molecule has 0 bridgehead atoms. The number of nitrogen functional groups attached to an aromatic ring is 1. The lowest BCUT2D eigenvalue weighted by Crippen LogP contribution is -2.02. The Balaban J connectivity index is 2.27. The van der Waals surface area contributed by atoms with Gasteiger partial charge in [-0.15, -0.1) is 0 Å². The molecule has 1 atom stereocenters. The van der Waals surface area contributed by atoms with Gasteiger partial charge in [-0.1, -0.05) is 12.1 Å². The molecule has 1 heterocycles. The smallest absolute Gasteiger partial charge is 0.316 e. The Labute approximate surface area is 98.9 Å². The van der Waals surface area contributed by atoms with Gasteiger partial charge in [-0.2, -0.15) is 0 Å². The van der Waals surface area contributed by atoms with Gasteiger partial charge in [-0.25, -0.2) is 9.97 Å². The zero-order valence-corrected chi connectivity index (χ0v) is 9.37. The van der Waals surface area contributed by atoms with Crippen LogP contribution in [0.5, 0.6) is 6.01 Å². The third-order valence-corrected chi connectivity index (χ3v) is 2.37. The minimum Gasteiger partial charge on any atom is -0.467 e. The monoisotopic (exact) mass is 231 g/mol. The minimum absolute atomic E-state index is 0.272. The molecule has 0 amide bonds. The Kier molecular flexibility index (Phi) is 3.20. The first-order chi connectivity index (χ1) is 8.20. The van der Waals surface area contributed by atoms with Crippen molar-refractivity contribution in [2.75, 3.05) is 12.8 Å². The molecule has 0 saturated heterocycles. The Morgan fingerprint density at radius 1 is 1.24 bits per heavy atom. The van der Waals surface area contributed by atoms with Gasteiger partial charge in [0.2, 0.25) is 0 Å². The van der Waals surface area contributed by atoms with Crippen LogP contribution in [0.4, 0.5) is 5.69 Å². The average molecular weight is 231 g/mol. The summed E-state index contributed by atoms with van der Waals surface area (Å²) in [6, 6.07) is 7.34. The van der Waals surface area contributed by atoms with Gasteiger partial charge in [-0.05, 0) is 17.7 Å². The van der Waals surface area contributed by atoms with Gasteiger partial charge < -0.3 is 15.6 Å². The zero-order valence-electron chi connectivity index (χ0n) is 9.37. The fraction of sp³-hybridized carbons (Fsp3) is 0.167. The van der Waals surface area contributed by atoms with Gasteiger partial charge in [0.25, 0.3) is 0 Å². The molecule has 0 saturated carbocycles. The molecule has 1 unspecified atom stereocenters. The van der Waals surface area contributed by atoms with Crippen molar-refractivity contribution < 1.29 is 9.84 Å². The van der Waals surface area contributed by atoms with Gasteiger partial charge in [-0.3, -0.25) is 0 Å². The first-order valence-electron chi connectivity index (χ1n) is 5.10. The number of ether oxygens (including phenoxy) is 1. The molecule has 0 aliphatic carbocycles. The maximum Gasteiger partial charge on any atom is 0.316 e. The fourth-order valence-electron chi connectivity index (χ4n) is 1.49. The first-order valence-corrected chi connectivity index (χ1v) is 5.10. The number of anilines is 1. The molecule has 2 rings (SSSR count). The van der Waals surface area contributed by atoms with Crippen molar-refractivity contribution in [1.29, 1.82) is 0 Å². The predicted molar refractivity (Wildman–Crippen MR) is 63.5 cm³/mol. The molecule has 0 fully saturated rings. The van der Waals surface area contributed by atoms with E-state index in [0.717, 1.165) is 0 Å². The van der Waals surface area contributed by atoms with E-state index in [1.165, 1.54) is 19.5 Å². The topological polar surface area (TPSA) is 81.3 Å². The van der Waals surface area contributed by atoms with E-state index >= 15 is 0 Å². The van der Waals surface area contributed by atoms with Gasteiger partial charge in [0.1, 0.15) is 6.10 Å². The second-order valence-corrected chi connectivity index (χ2v) is 3.58.